The van der Waals surface area contributed by atoms with E-state index >= 15 is 0 Å². The second-order valence-electron chi connectivity index (χ2n) is 12.7. The van der Waals surface area contributed by atoms with E-state index in [1.165, 1.54) is 6.92 Å². The van der Waals surface area contributed by atoms with Gasteiger partial charge in [-0.25, -0.2) is 0 Å². The molecule has 4 saturated carbocycles. The Hall–Kier alpha value is -0.700. The molecule has 0 spiro atoms. The van der Waals surface area contributed by atoms with Gasteiger partial charge in [0.25, 0.3) is 10.1 Å². The average Bonchev–Trinajstić information content (AvgIpc) is 3.10. The van der Waals surface area contributed by atoms with Crippen molar-refractivity contribution in [2.45, 2.75) is 109 Å². The van der Waals surface area contributed by atoms with Crippen molar-refractivity contribution in [1.82, 2.24) is 5.32 Å². The largest absolute Gasteiger partial charge is 0.393 e. The molecule has 4 N–H and O–H groups in total. The Labute approximate surface area is 205 Å². The molecule has 0 aliphatic heterocycles. The summed E-state index contributed by atoms with van der Waals surface area (Å²) in [5.74, 6) is 2.22. The SMILES string of the molecule is CC(NC(=O)CC[C@@H](C)[C@H]1CC[C@H]2[C@@H]3[C@H](O)C[C@@H]4C[C@H](O)CC[C@]4(C)[C@H]3CC[C@]12C)S(=O)(=O)O. The quantitative estimate of drug-likeness (QED) is 0.413. The molecule has 4 aliphatic rings. The summed E-state index contributed by atoms with van der Waals surface area (Å²) in [6.07, 6.45) is 8.53. The van der Waals surface area contributed by atoms with E-state index in [9.17, 15) is 23.4 Å². The lowest BCUT2D eigenvalue weighted by molar-refractivity contribution is -0.174. The van der Waals surface area contributed by atoms with Gasteiger partial charge in [-0.3, -0.25) is 9.35 Å². The lowest BCUT2D eigenvalue weighted by atomic mass is 9.43. The van der Waals surface area contributed by atoms with Gasteiger partial charge in [0, 0.05) is 6.42 Å². The van der Waals surface area contributed by atoms with E-state index in [0.29, 0.717) is 41.9 Å². The third-order valence-corrected chi connectivity index (χ3v) is 12.1. The third-order valence-electron chi connectivity index (χ3n) is 11.1. The number of nitrogens with one attached hydrogen (secondary N) is 1. The number of fused-ring (bicyclic) bond motifs is 5. The van der Waals surface area contributed by atoms with Crippen LogP contribution >= 0.6 is 0 Å². The van der Waals surface area contributed by atoms with Crippen LogP contribution < -0.4 is 5.32 Å². The van der Waals surface area contributed by atoms with Gasteiger partial charge in [0.05, 0.1) is 12.2 Å². The maximum Gasteiger partial charge on any atom is 0.285 e. The van der Waals surface area contributed by atoms with Crippen LogP contribution in [0.3, 0.4) is 0 Å². The Morgan fingerprint density at radius 2 is 1.65 bits per heavy atom. The van der Waals surface area contributed by atoms with Crippen LogP contribution in [0, 0.1) is 46.3 Å². The molecule has 34 heavy (non-hydrogen) atoms. The fourth-order valence-electron chi connectivity index (χ4n) is 9.11. The maximum absolute atomic E-state index is 12.3. The molecule has 0 aromatic carbocycles. The molecule has 4 aliphatic carbocycles. The zero-order chi connectivity index (χ0) is 25.1. The lowest BCUT2D eigenvalue weighted by Crippen LogP contribution is -2.58. The normalized spacial score (nSPS) is 46.0. The van der Waals surface area contributed by atoms with Gasteiger partial charge in [0.1, 0.15) is 0 Å². The van der Waals surface area contributed by atoms with Crippen LogP contribution in [0.1, 0.15) is 91.9 Å². The standard InChI is InChI=1S/C26H45NO6S/c1-15(5-8-23(30)27-16(2)34(31,32)33)19-6-7-20-24-21(10-12-26(19,20)4)25(3)11-9-18(28)13-17(25)14-22(24)29/h15-22,24,28-29H,5-14H2,1-4H3,(H,27,30)(H,31,32,33)/t15-,16?,17+,18-,19-,20+,21+,22-,24+,25+,26-/m1/s1. The van der Waals surface area contributed by atoms with Crippen molar-refractivity contribution in [3.63, 3.8) is 0 Å². The molecule has 0 saturated heterocycles. The number of rotatable bonds is 6. The fourth-order valence-corrected chi connectivity index (χ4v) is 9.39. The van der Waals surface area contributed by atoms with E-state index in [0.717, 1.165) is 51.4 Å². The summed E-state index contributed by atoms with van der Waals surface area (Å²) in [5.41, 5.74) is 0.368. The maximum atomic E-state index is 12.3. The smallest absolute Gasteiger partial charge is 0.285 e. The van der Waals surface area contributed by atoms with Crippen LogP contribution in [0.15, 0.2) is 0 Å². The van der Waals surface area contributed by atoms with Gasteiger partial charge in [-0.15, -0.1) is 0 Å². The molecule has 0 heterocycles. The van der Waals surface area contributed by atoms with Crippen molar-refractivity contribution >= 4 is 16.0 Å². The Kier molecular flexibility index (Phi) is 7.22. The van der Waals surface area contributed by atoms with Crippen molar-refractivity contribution in [2.24, 2.45) is 46.3 Å². The number of hydrogen-bond donors (Lipinski definition) is 4. The van der Waals surface area contributed by atoms with Crippen LogP contribution in [-0.2, 0) is 14.9 Å². The van der Waals surface area contributed by atoms with Gasteiger partial charge in [0.15, 0.2) is 5.37 Å². The number of carbonyl (C=O) groups is 1. The highest BCUT2D eigenvalue weighted by molar-refractivity contribution is 7.86. The van der Waals surface area contributed by atoms with Gasteiger partial charge in [0.2, 0.25) is 5.91 Å². The molecule has 11 atom stereocenters. The summed E-state index contributed by atoms with van der Waals surface area (Å²) >= 11 is 0. The van der Waals surface area contributed by atoms with E-state index in [-0.39, 0.29) is 35.4 Å². The molecule has 0 aromatic heterocycles. The molecule has 1 amide bonds. The average molecular weight is 500 g/mol. The summed E-state index contributed by atoms with van der Waals surface area (Å²) in [6, 6.07) is 0. The van der Waals surface area contributed by atoms with Gasteiger partial charge in [-0.2, -0.15) is 8.42 Å². The molecule has 4 rings (SSSR count). The van der Waals surface area contributed by atoms with Gasteiger partial charge >= 0.3 is 0 Å². The minimum absolute atomic E-state index is 0.150. The van der Waals surface area contributed by atoms with Crippen molar-refractivity contribution in [1.29, 1.82) is 0 Å². The van der Waals surface area contributed by atoms with Crippen LogP contribution in [0.2, 0.25) is 0 Å². The Bertz CT molecular complexity index is 879. The van der Waals surface area contributed by atoms with E-state index < -0.39 is 15.5 Å². The van der Waals surface area contributed by atoms with Crippen molar-refractivity contribution in [2.75, 3.05) is 0 Å². The highest BCUT2D eigenvalue weighted by Crippen LogP contribution is 2.68. The highest BCUT2D eigenvalue weighted by Gasteiger charge is 2.62. The molecule has 8 heteroatoms. The van der Waals surface area contributed by atoms with Crippen molar-refractivity contribution in [3.05, 3.63) is 0 Å². The molecule has 0 radical (unpaired) electrons. The highest BCUT2D eigenvalue weighted by atomic mass is 32.2. The van der Waals surface area contributed by atoms with Crippen LogP contribution in [-0.4, -0.2) is 46.7 Å². The minimum Gasteiger partial charge on any atom is -0.393 e. The zero-order valence-electron chi connectivity index (χ0n) is 21.2. The van der Waals surface area contributed by atoms with Crippen LogP contribution in [0.4, 0.5) is 0 Å². The van der Waals surface area contributed by atoms with Crippen LogP contribution in [0.5, 0.6) is 0 Å². The molecular weight excluding hydrogens is 454 g/mol. The first kappa shape index (κ1) is 26.4. The van der Waals surface area contributed by atoms with Gasteiger partial charge in [-0.1, -0.05) is 20.8 Å². The molecule has 196 valence electrons. The number of hydrogen-bond acceptors (Lipinski definition) is 5. The van der Waals surface area contributed by atoms with E-state index in [1.807, 2.05) is 0 Å². The Morgan fingerprint density at radius 3 is 2.32 bits per heavy atom. The molecule has 0 aromatic rings. The van der Waals surface area contributed by atoms with Gasteiger partial charge < -0.3 is 15.5 Å². The van der Waals surface area contributed by atoms with E-state index in [4.69, 9.17) is 4.55 Å². The molecule has 0 bridgehead atoms. The van der Waals surface area contributed by atoms with Crippen LogP contribution in [0.25, 0.3) is 0 Å². The minimum atomic E-state index is -4.28. The molecule has 7 nitrogen and oxygen atoms in total. The fraction of sp³-hybridized carbons (Fsp3) is 0.962. The first-order chi connectivity index (χ1) is 15.8. The molecule has 1 unspecified atom stereocenters. The summed E-state index contributed by atoms with van der Waals surface area (Å²) in [6.45, 7) is 8.32. The Morgan fingerprint density at radius 1 is 1.00 bits per heavy atom. The van der Waals surface area contributed by atoms with E-state index in [1.54, 1.807) is 0 Å². The molecule has 4 fully saturated rings. The zero-order valence-corrected chi connectivity index (χ0v) is 22.1. The summed E-state index contributed by atoms with van der Waals surface area (Å²) in [7, 11) is -4.28. The number of amides is 1. The monoisotopic (exact) mass is 499 g/mol. The lowest BCUT2D eigenvalue weighted by Gasteiger charge is -2.62. The third kappa shape index (κ3) is 4.57. The summed E-state index contributed by atoms with van der Waals surface area (Å²) in [5, 5.41) is 22.7. The number of carbonyl (C=O) groups excluding carboxylic acids is 1. The summed E-state index contributed by atoms with van der Waals surface area (Å²) in [4.78, 5) is 12.3. The van der Waals surface area contributed by atoms with Gasteiger partial charge in [-0.05, 0) is 111 Å². The Balaban J connectivity index is 1.42. The van der Waals surface area contributed by atoms with Crippen molar-refractivity contribution in [3.8, 4) is 0 Å². The first-order valence-corrected chi connectivity index (χ1v) is 14.9. The topological polar surface area (TPSA) is 124 Å². The molecular formula is C26H45NO6S. The van der Waals surface area contributed by atoms with Crippen molar-refractivity contribution < 1.29 is 28.0 Å². The number of aliphatic hydroxyl groups is 2. The number of aliphatic hydroxyl groups excluding tert-OH is 2. The predicted octanol–water partition coefficient (Wildman–Crippen LogP) is 3.74. The predicted molar refractivity (Wildman–Crippen MR) is 130 cm³/mol. The first-order valence-electron chi connectivity index (χ1n) is 13.4. The second-order valence-corrected chi connectivity index (χ2v) is 14.4. The second kappa shape index (κ2) is 9.31. The van der Waals surface area contributed by atoms with E-state index in [2.05, 4.69) is 26.1 Å². The summed E-state index contributed by atoms with van der Waals surface area (Å²) < 4.78 is 31.5.